The minimum absolute atomic E-state index is 0.610. The van der Waals surface area contributed by atoms with Crippen molar-refractivity contribution in [3.05, 3.63) is 29.8 Å². The second-order valence-corrected chi connectivity index (χ2v) is 6.16. The van der Waals surface area contributed by atoms with Gasteiger partial charge in [-0.15, -0.1) is 23.5 Å². The van der Waals surface area contributed by atoms with Crippen molar-refractivity contribution >= 4 is 23.5 Å². The van der Waals surface area contributed by atoms with Crippen molar-refractivity contribution in [3.63, 3.8) is 0 Å². The van der Waals surface area contributed by atoms with E-state index in [9.17, 15) is 0 Å². The fourth-order valence-electron chi connectivity index (χ4n) is 1.60. The molecule has 1 fully saturated rings. The highest BCUT2D eigenvalue weighted by molar-refractivity contribution is 8.16. The van der Waals surface area contributed by atoms with Gasteiger partial charge >= 0.3 is 0 Å². The maximum atomic E-state index is 5.52. The zero-order chi connectivity index (χ0) is 10.5. The number of rotatable bonds is 3. The van der Waals surface area contributed by atoms with E-state index in [0.717, 1.165) is 12.4 Å². The standard InChI is InChI=1S/C12H16OS2/c1-2-13-11-6-3-5-10(9-11)12-14-7-4-8-15-12/h3,5-6,9,12H,2,4,7-8H2,1H3. The van der Waals surface area contributed by atoms with Gasteiger partial charge in [0.2, 0.25) is 0 Å². The van der Waals surface area contributed by atoms with E-state index >= 15 is 0 Å². The summed E-state index contributed by atoms with van der Waals surface area (Å²) in [7, 11) is 0. The van der Waals surface area contributed by atoms with E-state index in [4.69, 9.17) is 4.74 Å². The second kappa shape index (κ2) is 5.71. The third-order valence-electron chi connectivity index (χ3n) is 2.27. The molecule has 1 aromatic rings. The summed E-state index contributed by atoms with van der Waals surface area (Å²) in [4.78, 5) is 0. The third-order valence-corrected chi connectivity index (χ3v) is 5.28. The first-order valence-electron chi connectivity index (χ1n) is 5.36. The third kappa shape index (κ3) is 3.08. The maximum Gasteiger partial charge on any atom is 0.119 e. The Kier molecular flexibility index (Phi) is 4.27. The summed E-state index contributed by atoms with van der Waals surface area (Å²) in [6, 6.07) is 8.51. The highest BCUT2D eigenvalue weighted by Gasteiger charge is 2.16. The molecular formula is C12H16OS2. The molecule has 1 aliphatic heterocycles. The van der Waals surface area contributed by atoms with Gasteiger partial charge in [0.1, 0.15) is 5.75 Å². The lowest BCUT2D eigenvalue weighted by Crippen LogP contribution is -2.00. The Morgan fingerprint density at radius 1 is 1.33 bits per heavy atom. The summed E-state index contributed by atoms with van der Waals surface area (Å²) in [5.41, 5.74) is 1.40. The Hall–Kier alpha value is -0.280. The molecule has 15 heavy (non-hydrogen) atoms. The fourth-order valence-corrected chi connectivity index (χ4v) is 4.47. The topological polar surface area (TPSA) is 9.23 Å². The van der Waals surface area contributed by atoms with Crippen LogP contribution in [0.4, 0.5) is 0 Å². The average Bonchev–Trinajstić information content (AvgIpc) is 2.31. The van der Waals surface area contributed by atoms with Crippen molar-refractivity contribution in [2.75, 3.05) is 18.1 Å². The zero-order valence-electron chi connectivity index (χ0n) is 8.94. The Morgan fingerprint density at radius 3 is 2.87 bits per heavy atom. The highest BCUT2D eigenvalue weighted by atomic mass is 32.2. The average molecular weight is 240 g/mol. The molecule has 0 atom stereocenters. The van der Waals surface area contributed by atoms with Crippen LogP contribution in [0.2, 0.25) is 0 Å². The molecule has 1 nitrogen and oxygen atoms in total. The summed E-state index contributed by atoms with van der Waals surface area (Å²) in [5, 5.41) is 0. The highest BCUT2D eigenvalue weighted by Crippen LogP contribution is 2.44. The largest absolute Gasteiger partial charge is 0.494 e. The van der Waals surface area contributed by atoms with Gasteiger partial charge in [0.15, 0.2) is 0 Å². The van der Waals surface area contributed by atoms with E-state index in [0.29, 0.717) is 4.58 Å². The number of thioether (sulfide) groups is 2. The molecule has 1 aliphatic rings. The van der Waals surface area contributed by atoms with Crippen molar-refractivity contribution in [2.24, 2.45) is 0 Å². The minimum atomic E-state index is 0.610. The molecule has 0 spiro atoms. The van der Waals surface area contributed by atoms with Gasteiger partial charge in [-0.2, -0.15) is 0 Å². The Bertz CT molecular complexity index is 308. The SMILES string of the molecule is CCOc1cccc(C2SCCCS2)c1. The Labute approximate surface area is 100.0 Å². The predicted octanol–water partition coefficient (Wildman–Crippen LogP) is 3.95. The second-order valence-electron chi connectivity index (χ2n) is 3.43. The molecule has 0 radical (unpaired) electrons. The van der Waals surface area contributed by atoms with Crippen LogP contribution < -0.4 is 4.74 Å². The molecule has 0 N–H and O–H groups in total. The molecule has 0 bridgehead atoms. The molecule has 0 aliphatic carbocycles. The van der Waals surface area contributed by atoms with Gasteiger partial charge in [0.25, 0.3) is 0 Å². The summed E-state index contributed by atoms with van der Waals surface area (Å²) in [6.45, 7) is 2.77. The number of ether oxygens (including phenoxy) is 1. The van der Waals surface area contributed by atoms with Gasteiger partial charge in [-0.25, -0.2) is 0 Å². The molecule has 1 heterocycles. The lowest BCUT2D eigenvalue weighted by molar-refractivity contribution is 0.340. The van der Waals surface area contributed by atoms with Crippen LogP contribution in [0.15, 0.2) is 24.3 Å². The van der Waals surface area contributed by atoms with E-state index in [2.05, 4.69) is 41.7 Å². The van der Waals surface area contributed by atoms with Crippen LogP contribution in [-0.4, -0.2) is 18.1 Å². The molecule has 0 amide bonds. The number of hydrogen-bond acceptors (Lipinski definition) is 3. The normalized spacial score (nSPS) is 17.7. The quantitative estimate of drug-likeness (QED) is 0.791. The summed E-state index contributed by atoms with van der Waals surface area (Å²) in [5.74, 6) is 3.58. The van der Waals surface area contributed by atoms with Crippen LogP contribution in [0, 0.1) is 0 Å². The van der Waals surface area contributed by atoms with Crippen molar-refractivity contribution in [3.8, 4) is 5.75 Å². The van der Waals surface area contributed by atoms with Crippen LogP contribution in [0.3, 0.4) is 0 Å². The maximum absolute atomic E-state index is 5.52. The molecular weight excluding hydrogens is 224 g/mol. The summed E-state index contributed by atoms with van der Waals surface area (Å²) < 4.78 is 6.13. The monoisotopic (exact) mass is 240 g/mol. The van der Waals surface area contributed by atoms with E-state index in [1.165, 1.54) is 23.5 Å². The van der Waals surface area contributed by atoms with Gasteiger partial charge in [0.05, 0.1) is 11.2 Å². The Morgan fingerprint density at radius 2 is 2.13 bits per heavy atom. The van der Waals surface area contributed by atoms with Crippen molar-refractivity contribution in [1.29, 1.82) is 0 Å². The lowest BCUT2D eigenvalue weighted by atomic mass is 10.2. The first-order chi connectivity index (χ1) is 7.40. The van der Waals surface area contributed by atoms with Gasteiger partial charge in [0, 0.05) is 0 Å². The van der Waals surface area contributed by atoms with Crippen LogP contribution in [0.25, 0.3) is 0 Å². The van der Waals surface area contributed by atoms with Crippen molar-refractivity contribution < 1.29 is 4.74 Å². The minimum Gasteiger partial charge on any atom is -0.494 e. The van der Waals surface area contributed by atoms with Crippen molar-refractivity contribution in [1.82, 2.24) is 0 Å². The Balaban J connectivity index is 2.09. The lowest BCUT2D eigenvalue weighted by Gasteiger charge is -2.21. The van der Waals surface area contributed by atoms with Gasteiger partial charge < -0.3 is 4.74 Å². The molecule has 1 saturated heterocycles. The van der Waals surface area contributed by atoms with E-state index in [1.807, 2.05) is 13.0 Å². The number of hydrogen-bond donors (Lipinski definition) is 0. The van der Waals surface area contributed by atoms with E-state index in [1.54, 1.807) is 0 Å². The molecule has 2 rings (SSSR count). The predicted molar refractivity (Wildman–Crippen MR) is 69.9 cm³/mol. The molecule has 82 valence electrons. The van der Waals surface area contributed by atoms with E-state index in [-0.39, 0.29) is 0 Å². The van der Waals surface area contributed by atoms with Gasteiger partial charge in [-0.1, -0.05) is 12.1 Å². The first kappa shape index (κ1) is 11.2. The first-order valence-corrected chi connectivity index (χ1v) is 7.46. The molecule has 0 saturated carbocycles. The molecule has 3 heteroatoms. The molecule has 0 aromatic heterocycles. The molecule has 0 unspecified atom stereocenters. The van der Waals surface area contributed by atoms with E-state index < -0.39 is 0 Å². The van der Waals surface area contributed by atoms with Crippen LogP contribution in [-0.2, 0) is 0 Å². The molecule has 1 aromatic carbocycles. The van der Waals surface area contributed by atoms with Crippen LogP contribution >= 0.6 is 23.5 Å². The van der Waals surface area contributed by atoms with Crippen molar-refractivity contribution in [2.45, 2.75) is 17.9 Å². The van der Waals surface area contributed by atoms with Crippen LogP contribution in [0.5, 0.6) is 5.75 Å². The fraction of sp³-hybridized carbons (Fsp3) is 0.500. The van der Waals surface area contributed by atoms with Crippen LogP contribution in [0.1, 0.15) is 23.5 Å². The smallest absolute Gasteiger partial charge is 0.119 e. The summed E-state index contributed by atoms with van der Waals surface area (Å²) in [6.07, 6.45) is 1.34. The van der Waals surface area contributed by atoms with Gasteiger partial charge in [-0.3, -0.25) is 0 Å². The summed E-state index contributed by atoms with van der Waals surface area (Å²) >= 11 is 4.10. The number of benzene rings is 1. The zero-order valence-corrected chi connectivity index (χ0v) is 10.6. The van der Waals surface area contributed by atoms with Gasteiger partial charge in [-0.05, 0) is 42.5 Å².